The Morgan fingerprint density at radius 1 is 1.11 bits per heavy atom. The van der Waals surface area contributed by atoms with Gasteiger partial charge in [0.2, 0.25) is 12.5 Å². The molecule has 2 aromatic carbocycles. The van der Waals surface area contributed by atoms with Gasteiger partial charge in [-0.3, -0.25) is 0 Å². The first-order valence-electron chi connectivity index (χ1n) is 8.83. The van der Waals surface area contributed by atoms with Crippen molar-refractivity contribution >= 4 is 23.4 Å². The van der Waals surface area contributed by atoms with Crippen LogP contribution in [0.4, 0.5) is 5.69 Å². The van der Waals surface area contributed by atoms with Crippen molar-refractivity contribution < 1.29 is 23.6 Å². The summed E-state index contributed by atoms with van der Waals surface area (Å²) in [5.41, 5.74) is 4.78. The smallest absolute Gasteiger partial charge is 0.338 e. The number of ether oxygens (including phenoxy) is 3. The maximum absolute atomic E-state index is 11.9. The zero-order valence-electron chi connectivity index (χ0n) is 15.9. The Bertz CT molecular complexity index is 1000. The molecule has 0 saturated heterocycles. The summed E-state index contributed by atoms with van der Waals surface area (Å²) in [6, 6.07) is 11.6. The highest BCUT2D eigenvalue weighted by Gasteiger charge is 2.43. The highest BCUT2D eigenvalue weighted by Crippen LogP contribution is 2.40. The number of esters is 1. The molecule has 0 fully saturated rings. The van der Waals surface area contributed by atoms with E-state index >= 15 is 0 Å². The second kappa shape index (κ2) is 6.27. The second-order valence-electron chi connectivity index (χ2n) is 7.24. The average Bonchev–Trinajstić information content (AvgIpc) is 3.20. The van der Waals surface area contributed by atoms with Crippen LogP contribution in [0, 0.1) is 0 Å². The molecule has 0 spiro atoms. The van der Waals surface area contributed by atoms with Crippen LogP contribution in [0.2, 0.25) is 0 Å². The Balaban J connectivity index is 1.71. The van der Waals surface area contributed by atoms with Gasteiger partial charge in [0, 0.05) is 17.7 Å². The molecule has 2 aliphatic rings. The van der Waals surface area contributed by atoms with Gasteiger partial charge in [0.25, 0.3) is 0 Å². The van der Waals surface area contributed by atoms with Crippen molar-refractivity contribution in [2.75, 3.05) is 21.0 Å². The Hall–Kier alpha value is -3.08. The van der Waals surface area contributed by atoms with E-state index in [9.17, 15) is 4.79 Å². The lowest BCUT2D eigenvalue weighted by atomic mass is 9.81. The quantitative estimate of drug-likeness (QED) is 0.612. The fourth-order valence-corrected chi connectivity index (χ4v) is 3.78. The minimum atomic E-state index is -0.326. The number of nitrogens with zero attached hydrogens (tertiary/aromatic N) is 1. The summed E-state index contributed by atoms with van der Waals surface area (Å²) in [5.74, 6) is 1.22. The van der Waals surface area contributed by atoms with Crippen LogP contribution in [-0.2, 0) is 10.2 Å². The molecule has 5 heteroatoms. The minimum Gasteiger partial charge on any atom is -0.465 e. The summed E-state index contributed by atoms with van der Waals surface area (Å²) < 4.78 is 17.8. The predicted molar refractivity (Wildman–Crippen MR) is 103 cm³/mol. The van der Waals surface area contributed by atoms with Crippen LogP contribution in [0.3, 0.4) is 0 Å². The van der Waals surface area contributed by atoms with Gasteiger partial charge in [-0.25, -0.2) is 4.79 Å². The number of carbonyl (C=O) groups excluding carboxylic acids is 1. The van der Waals surface area contributed by atoms with Gasteiger partial charge < -0.3 is 14.2 Å². The van der Waals surface area contributed by atoms with Gasteiger partial charge in [-0.1, -0.05) is 12.1 Å². The van der Waals surface area contributed by atoms with Crippen LogP contribution in [0.5, 0.6) is 11.5 Å². The van der Waals surface area contributed by atoms with E-state index in [4.69, 9.17) is 14.2 Å². The standard InChI is InChI=1S/C22H22NO4/c1-22(2)16-8-7-15(21(24)25-4)12-17(16)23(3)20(22)10-6-14-5-9-18-19(11-14)27-13-26-18/h5-12H,13H2,1-4H3/q+1/b10-6+. The number of carbonyl (C=O) groups is 1. The van der Waals surface area contributed by atoms with Gasteiger partial charge >= 0.3 is 5.97 Å². The lowest BCUT2D eigenvalue weighted by molar-refractivity contribution is -0.401. The van der Waals surface area contributed by atoms with E-state index in [-0.39, 0.29) is 18.2 Å². The number of hydrogen-bond donors (Lipinski definition) is 0. The first-order valence-corrected chi connectivity index (χ1v) is 8.83. The van der Waals surface area contributed by atoms with Gasteiger partial charge in [0.1, 0.15) is 7.05 Å². The molecular weight excluding hydrogens is 342 g/mol. The van der Waals surface area contributed by atoms with Crippen molar-refractivity contribution in [2.24, 2.45) is 0 Å². The number of fused-ring (bicyclic) bond motifs is 2. The zero-order chi connectivity index (χ0) is 19.2. The molecule has 0 bridgehead atoms. The number of methoxy groups -OCH3 is 1. The number of rotatable bonds is 3. The van der Waals surface area contributed by atoms with Crippen LogP contribution >= 0.6 is 0 Å². The third-order valence-electron chi connectivity index (χ3n) is 5.29. The maximum Gasteiger partial charge on any atom is 0.338 e. The second-order valence-corrected chi connectivity index (χ2v) is 7.24. The zero-order valence-corrected chi connectivity index (χ0v) is 15.9. The molecule has 5 nitrogen and oxygen atoms in total. The van der Waals surface area contributed by atoms with Crippen molar-refractivity contribution in [3.63, 3.8) is 0 Å². The van der Waals surface area contributed by atoms with E-state index in [1.54, 1.807) is 0 Å². The normalized spacial score (nSPS) is 16.7. The fraction of sp³-hybridized carbons (Fsp3) is 0.273. The van der Waals surface area contributed by atoms with Crippen molar-refractivity contribution in [2.45, 2.75) is 19.3 Å². The van der Waals surface area contributed by atoms with Crippen LogP contribution in [0.15, 0.2) is 42.5 Å². The van der Waals surface area contributed by atoms with E-state index in [0.29, 0.717) is 5.56 Å². The average molecular weight is 364 g/mol. The topological polar surface area (TPSA) is 47.8 Å². The highest BCUT2D eigenvalue weighted by molar-refractivity contribution is 6.05. The van der Waals surface area contributed by atoms with E-state index in [1.807, 2.05) is 43.4 Å². The fourth-order valence-electron chi connectivity index (χ4n) is 3.78. The van der Waals surface area contributed by atoms with Crippen LogP contribution in [-0.4, -0.2) is 37.2 Å². The van der Waals surface area contributed by atoms with Gasteiger partial charge in [0.15, 0.2) is 17.2 Å². The molecule has 4 rings (SSSR count). The van der Waals surface area contributed by atoms with Crippen molar-refractivity contribution in [1.82, 2.24) is 0 Å². The molecule has 0 amide bonds. The lowest BCUT2D eigenvalue weighted by Gasteiger charge is -2.15. The molecule has 0 aromatic heterocycles. The number of benzene rings is 2. The molecule has 0 saturated carbocycles. The summed E-state index contributed by atoms with van der Waals surface area (Å²) in [6.07, 6.45) is 4.19. The molecule has 0 N–H and O–H groups in total. The van der Waals surface area contributed by atoms with Gasteiger partial charge in [0.05, 0.1) is 18.1 Å². The third kappa shape index (κ3) is 2.79. The largest absolute Gasteiger partial charge is 0.465 e. The van der Waals surface area contributed by atoms with Crippen LogP contribution in [0.25, 0.3) is 6.08 Å². The molecular formula is C22H22NO4+. The minimum absolute atomic E-state index is 0.175. The Kier molecular flexibility index (Phi) is 4.02. The summed E-state index contributed by atoms with van der Waals surface area (Å²) in [6.45, 7) is 4.65. The summed E-state index contributed by atoms with van der Waals surface area (Å²) >= 11 is 0. The third-order valence-corrected chi connectivity index (χ3v) is 5.29. The Morgan fingerprint density at radius 3 is 2.67 bits per heavy atom. The first kappa shape index (κ1) is 17.3. The molecule has 0 radical (unpaired) electrons. The lowest BCUT2D eigenvalue weighted by Crippen LogP contribution is -2.26. The number of hydrogen-bond acceptors (Lipinski definition) is 4. The molecule has 2 heterocycles. The monoisotopic (exact) mass is 364 g/mol. The molecule has 2 aliphatic heterocycles. The summed E-state index contributed by atoms with van der Waals surface area (Å²) in [4.78, 5) is 11.9. The van der Waals surface area contributed by atoms with Crippen molar-refractivity contribution in [3.8, 4) is 11.5 Å². The number of allylic oxidation sites excluding steroid dienone is 1. The van der Waals surface area contributed by atoms with Gasteiger partial charge in [-0.2, -0.15) is 4.58 Å². The van der Waals surface area contributed by atoms with Crippen LogP contribution < -0.4 is 9.47 Å². The molecule has 138 valence electrons. The summed E-state index contributed by atoms with van der Waals surface area (Å²) in [7, 11) is 3.42. The maximum atomic E-state index is 11.9. The first-order chi connectivity index (χ1) is 12.9. The SMILES string of the molecule is COC(=O)c1ccc2c(c1)[N+](C)=C(/C=C/c1ccc3c(c1)OCO3)C2(C)C. The Morgan fingerprint density at radius 2 is 1.89 bits per heavy atom. The Labute approximate surface area is 158 Å². The molecule has 27 heavy (non-hydrogen) atoms. The molecule has 0 aliphatic carbocycles. The highest BCUT2D eigenvalue weighted by atomic mass is 16.7. The summed E-state index contributed by atoms with van der Waals surface area (Å²) in [5, 5.41) is 0. The predicted octanol–water partition coefficient (Wildman–Crippen LogP) is 3.92. The van der Waals surface area contributed by atoms with E-state index in [2.05, 4.69) is 30.6 Å². The van der Waals surface area contributed by atoms with E-state index in [1.165, 1.54) is 12.7 Å². The van der Waals surface area contributed by atoms with Crippen molar-refractivity contribution in [3.05, 3.63) is 59.2 Å². The van der Waals surface area contributed by atoms with E-state index < -0.39 is 0 Å². The van der Waals surface area contributed by atoms with Crippen molar-refractivity contribution in [1.29, 1.82) is 0 Å². The van der Waals surface area contributed by atoms with E-state index in [0.717, 1.165) is 28.5 Å². The molecule has 0 unspecified atom stereocenters. The van der Waals surface area contributed by atoms with Gasteiger partial charge in [-0.05, 0) is 43.7 Å². The molecule has 0 atom stereocenters. The van der Waals surface area contributed by atoms with Gasteiger partial charge in [-0.15, -0.1) is 0 Å². The van der Waals surface area contributed by atoms with Crippen LogP contribution in [0.1, 0.15) is 35.3 Å². The molecule has 2 aromatic rings.